The van der Waals surface area contributed by atoms with Crippen molar-refractivity contribution in [3.63, 3.8) is 0 Å². The summed E-state index contributed by atoms with van der Waals surface area (Å²) in [6.45, 7) is 1.66. The van der Waals surface area contributed by atoms with E-state index in [-0.39, 0.29) is 24.1 Å². The quantitative estimate of drug-likeness (QED) is 0.738. The van der Waals surface area contributed by atoms with Crippen LogP contribution in [0.15, 0.2) is 42.5 Å². The van der Waals surface area contributed by atoms with Gasteiger partial charge in [-0.25, -0.2) is 13.2 Å². The first-order valence-electron chi connectivity index (χ1n) is 9.41. The third kappa shape index (κ3) is 5.56. The zero-order valence-corrected chi connectivity index (χ0v) is 15.8. The summed E-state index contributed by atoms with van der Waals surface area (Å²) >= 11 is 0. The van der Waals surface area contributed by atoms with Crippen LogP contribution in [0.3, 0.4) is 0 Å². The lowest BCUT2D eigenvalue weighted by molar-refractivity contribution is -0.129. The molecule has 0 radical (unpaired) electrons. The molecule has 2 aromatic carbocycles. The van der Waals surface area contributed by atoms with Gasteiger partial charge in [0.15, 0.2) is 0 Å². The molecule has 1 aliphatic heterocycles. The van der Waals surface area contributed by atoms with E-state index in [0.29, 0.717) is 26.3 Å². The zero-order chi connectivity index (χ0) is 20.8. The van der Waals surface area contributed by atoms with Crippen molar-refractivity contribution in [3.05, 3.63) is 71.0 Å². The van der Waals surface area contributed by atoms with Gasteiger partial charge >= 0.3 is 0 Å². The van der Waals surface area contributed by atoms with Crippen molar-refractivity contribution in [1.82, 2.24) is 10.2 Å². The van der Waals surface area contributed by atoms with Crippen LogP contribution in [0.5, 0.6) is 0 Å². The van der Waals surface area contributed by atoms with E-state index in [9.17, 15) is 23.1 Å². The summed E-state index contributed by atoms with van der Waals surface area (Å²) < 4.78 is 46.4. The Balaban J connectivity index is 1.67. The van der Waals surface area contributed by atoms with Crippen LogP contribution in [0, 0.1) is 17.5 Å². The number of halogens is 3. The molecule has 1 fully saturated rings. The van der Waals surface area contributed by atoms with Crippen LogP contribution in [0.4, 0.5) is 13.2 Å². The van der Waals surface area contributed by atoms with Gasteiger partial charge in [-0.15, -0.1) is 0 Å². The molecular weight excluding hydrogens is 385 g/mol. The maximum atomic E-state index is 14.4. The molecule has 0 saturated carbocycles. The normalized spacial score (nSPS) is 17.0. The number of hydrogen-bond acceptors (Lipinski definition) is 4. The minimum atomic E-state index is -1.08. The predicted molar refractivity (Wildman–Crippen MR) is 101 cm³/mol. The average molecular weight is 408 g/mol. The molecule has 0 spiro atoms. The first-order chi connectivity index (χ1) is 14.0. The highest BCUT2D eigenvalue weighted by Gasteiger charge is 2.31. The Morgan fingerprint density at radius 1 is 1.10 bits per heavy atom. The number of amides is 1. The van der Waals surface area contributed by atoms with Crippen molar-refractivity contribution >= 4 is 5.91 Å². The fourth-order valence-corrected chi connectivity index (χ4v) is 3.36. The molecule has 3 rings (SSSR count). The third-order valence-electron chi connectivity index (χ3n) is 4.84. The van der Waals surface area contributed by atoms with E-state index < -0.39 is 35.5 Å². The van der Waals surface area contributed by atoms with Crippen LogP contribution in [0.1, 0.15) is 17.2 Å². The fourth-order valence-electron chi connectivity index (χ4n) is 3.36. The molecular formula is C21H23F3N2O3. The van der Waals surface area contributed by atoms with Crippen LogP contribution < -0.4 is 5.32 Å². The summed E-state index contributed by atoms with van der Waals surface area (Å²) in [6.07, 6.45) is -1.17. The Labute approximate surface area is 167 Å². The van der Waals surface area contributed by atoms with Crippen LogP contribution in [0.25, 0.3) is 0 Å². The Bertz CT molecular complexity index is 844. The predicted octanol–water partition coefficient (Wildman–Crippen LogP) is 2.20. The molecule has 156 valence electrons. The molecule has 29 heavy (non-hydrogen) atoms. The van der Waals surface area contributed by atoms with Gasteiger partial charge in [-0.3, -0.25) is 9.69 Å². The molecule has 8 heteroatoms. The number of hydrogen-bond donors (Lipinski definition) is 2. The first kappa shape index (κ1) is 21.3. The maximum Gasteiger partial charge on any atom is 0.242 e. The highest BCUT2D eigenvalue weighted by Crippen LogP contribution is 2.24. The van der Waals surface area contributed by atoms with Gasteiger partial charge in [0, 0.05) is 37.7 Å². The Morgan fingerprint density at radius 2 is 1.83 bits per heavy atom. The van der Waals surface area contributed by atoms with Crippen LogP contribution in [-0.4, -0.2) is 54.9 Å². The molecule has 0 aliphatic carbocycles. The van der Waals surface area contributed by atoms with Crippen molar-refractivity contribution in [3.8, 4) is 0 Å². The molecule has 0 aromatic heterocycles. The number of nitrogens with one attached hydrogen (secondary N) is 1. The highest BCUT2D eigenvalue weighted by atomic mass is 19.1. The lowest BCUT2D eigenvalue weighted by Crippen LogP contribution is -2.47. The van der Waals surface area contributed by atoms with Crippen molar-refractivity contribution < 1.29 is 27.8 Å². The molecule has 1 saturated heterocycles. The minimum absolute atomic E-state index is 0.0890. The number of benzene rings is 2. The summed E-state index contributed by atoms with van der Waals surface area (Å²) in [5.74, 6) is -2.41. The molecule has 0 unspecified atom stereocenters. The molecule has 0 bridgehead atoms. The lowest BCUT2D eigenvalue weighted by atomic mass is 10.0. The summed E-state index contributed by atoms with van der Waals surface area (Å²) in [7, 11) is 0. The molecule has 1 heterocycles. The van der Waals surface area contributed by atoms with Crippen molar-refractivity contribution in [2.75, 3.05) is 32.8 Å². The number of ether oxygens (including phenoxy) is 1. The lowest BCUT2D eigenvalue weighted by Gasteiger charge is -2.34. The molecule has 2 atom stereocenters. The molecule has 2 aromatic rings. The van der Waals surface area contributed by atoms with Gasteiger partial charge in [0.05, 0.1) is 19.3 Å². The number of aliphatic hydroxyl groups is 1. The number of aliphatic hydroxyl groups excluding tert-OH is 1. The Kier molecular flexibility index (Phi) is 7.24. The molecule has 5 nitrogen and oxygen atoms in total. The number of rotatable bonds is 7. The second kappa shape index (κ2) is 9.87. The van der Waals surface area contributed by atoms with Crippen molar-refractivity contribution in [2.24, 2.45) is 0 Å². The summed E-state index contributed by atoms with van der Waals surface area (Å²) in [5, 5.41) is 12.8. The van der Waals surface area contributed by atoms with Gasteiger partial charge in [0.2, 0.25) is 5.91 Å². The van der Waals surface area contributed by atoms with Crippen LogP contribution >= 0.6 is 0 Å². The van der Waals surface area contributed by atoms with Crippen molar-refractivity contribution in [1.29, 1.82) is 0 Å². The molecule has 1 aliphatic rings. The van der Waals surface area contributed by atoms with Gasteiger partial charge in [0.1, 0.15) is 23.5 Å². The zero-order valence-electron chi connectivity index (χ0n) is 15.8. The smallest absolute Gasteiger partial charge is 0.242 e. The maximum absolute atomic E-state index is 14.4. The van der Waals surface area contributed by atoms with Crippen LogP contribution in [-0.2, 0) is 16.0 Å². The van der Waals surface area contributed by atoms with E-state index >= 15 is 0 Å². The van der Waals surface area contributed by atoms with Crippen LogP contribution in [0.2, 0.25) is 0 Å². The van der Waals surface area contributed by atoms with E-state index in [4.69, 9.17) is 4.74 Å². The van der Waals surface area contributed by atoms with E-state index in [1.807, 2.05) is 4.90 Å². The summed E-state index contributed by atoms with van der Waals surface area (Å²) in [6, 6.07) is 8.30. The van der Waals surface area contributed by atoms with Gasteiger partial charge < -0.3 is 15.2 Å². The minimum Gasteiger partial charge on any atom is -0.391 e. The molecule has 1 amide bonds. The average Bonchev–Trinajstić information content (AvgIpc) is 2.71. The number of nitrogens with zero attached hydrogens (tertiary/aromatic N) is 1. The van der Waals surface area contributed by atoms with Gasteiger partial charge in [-0.05, 0) is 17.7 Å². The molecule has 2 N–H and O–H groups in total. The Morgan fingerprint density at radius 3 is 2.52 bits per heavy atom. The van der Waals surface area contributed by atoms with Crippen molar-refractivity contribution in [2.45, 2.75) is 18.6 Å². The second-order valence-electron chi connectivity index (χ2n) is 6.91. The second-order valence-corrected chi connectivity index (χ2v) is 6.91. The monoisotopic (exact) mass is 408 g/mol. The van der Waals surface area contributed by atoms with E-state index in [0.717, 1.165) is 12.1 Å². The number of morpholine rings is 1. The Hall–Kier alpha value is -2.42. The largest absolute Gasteiger partial charge is 0.391 e. The van der Waals surface area contributed by atoms with E-state index in [1.165, 1.54) is 12.1 Å². The van der Waals surface area contributed by atoms with Gasteiger partial charge in [-0.1, -0.05) is 24.3 Å². The number of carbonyl (C=O) groups excluding carboxylic acids is 1. The standard InChI is InChI=1S/C21H23F3N2O3/c22-15-6-5-14(19(24)12-15)11-16(27)13-25-21(28)20(26-7-9-29-10-8-26)17-3-1-2-4-18(17)23/h1-6,12,16,20,27H,7-11,13H2,(H,25,28)/t16-,20-/m1/s1. The van der Waals surface area contributed by atoms with Gasteiger partial charge in [-0.2, -0.15) is 0 Å². The topological polar surface area (TPSA) is 61.8 Å². The summed E-state index contributed by atoms with van der Waals surface area (Å²) in [4.78, 5) is 14.7. The first-order valence-corrected chi connectivity index (χ1v) is 9.41. The highest BCUT2D eigenvalue weighted by molar-refractivity contribution is 5.83. The van der Waals surface area contributed by atoms with E-state index in [1.54, 1.807) is 18.2 Å². The third-order valence-corrected chi connectivity index (χ3v) is 4.84. The van der Waals surface area contributed by atoms with E-state index in [2.05, 4.69) is 5.32 Å². The van der Waals surface area contributed by atoms with Gasteiger partial charge in [0.25, 0.3) is 0 Å². The fraction of sp³-hybridized carbons (Fsp3) is 0.381. The summed E-state index contributed by atoms with van der Waals surface area (Å²) in [5.41, 5.74) is 0.387. The SMILES string of the molecule is O=C(NC[C@H](O)Cc1ccc(F)cc1F)[C@@H](c1ccccc1F)N1CCOCC1. The number of carbonyl (C=O) groups is 1.